The number of rotatable bonds is 2. The lowest BCUT2D eigenvalue weighted by Crippen LogP contribution is -2.35. The highest BCUT2D eigenvalue weighted by molar-refractivity contribution is 5.27. The van der Waals surface area contributed by atoms with Gasteiger partial charge in [0.1, 0.15) is 5.82 Å². The van der Waals surface area contributed by atoms with Crippen LogP contribution in [0.4, 0.5) is 5.82 Å². The van der Waals surface area contributed by atoms with Gasteiger partial charge in [-0.25, -0.2) is 4.79 Å². The maximum atomic E-state index is 11.7. The molecule has 1 aliphatic carbocycles. The van der Waals surface area contributed by atoms with Crippen molar-refractivity contribution < 1.29 is 0 Å². The summed E-state index contributed by atoms with van der Waals surface area (Å²) in [5.74, 6) is 0.749. The minimum Gasteiger partial charge on any atom is -0.385 e. The third-order valence-electron chi connectivity index (χ3n) is 3.50. The van der Waals surface area contributed by atoms with Crippen LogP contribution < -0.4 is 17.0 Å². The summed E-state index contributed by atoms with van der Waals surface area (Å²) in [5.41, 5.74) is 4.90. The van der Waals surface area contributed by atoms with Crippen LogP contribution in [0.3, 0.4) is 0 Å². The normalized spacial score (nSPS) is 18.8. The number of nitrogen functional groups attached to an aromatic ring is 1. The van der Waals surface area contributed by atoms with Crippen LogP contribution in [-0.2, 0) is 0 Å². The summed E-state index contributed by atoms with van der Waals surface area (Å²) >= 11 is 0. The Balaban J connectivity index is 2.39. The van der Waals surface area contributed by atoms with E-state index in [1.807, 2.05) is 6.92 Å². The number of aromatic nitrogens is 2. The van der Waals surface area contributed by atoms with E-state index in [-0.39, 0.29) is 11.9 Å². The van der Waals surface area contributed by atoms with Crippen molar-refractivity contribution in [3.8, 4) is 0 Å². The van der Waals surface area contributed by atoms with E-state index >= 15 is 0 Å². The summed E-state index contributed by atoms with van der Waals surface area (Å²) < 4.78 is 1.50. The minimum atomic E-state index is -0.433. The molecule has 3 N–H and O–H groups in total. The number of nitrogens with one attached hydrogen (secondary N) is 1. The molecule has 16 heavy (non-hydrogen) atoms. The van der Waals surface area contributed by atoms with Gasteiger partial charge in [0.2, 0.25) is 0 Å². The van der Waals surface area contributed by atoms with Crippen LogP contribution in [0, 0.1) is 5.92 Å². The second-order valence-electron chi connectivity index (χ2n) is 4.52. The summed E-state index contributed by atoms with van der Waals surface area (Å²) in [5, 5.41) is 0. The molecule has 1 heterocycles. The molecular formula is C11H17N3O2. The Morgan fingerprint density at radius 3 is 2.62 bits per heavy atom. The molecule has 0 amide bonds. The standard InChI is InChI=1S/C11H17N3O2/c1-7(8-4-2-3-5-8)14-9(12)6-10(15)13-11(14)16/h6-8H,2-5,12H2,1H3,(H,13,15,16). The molecule has 2 rings (SSSR count). The molecule has 0 aromatic carbocycles. The molecule has 1 saturated carbocycles. The second-order valence-corrected chi connectivity index (χ2v) is 4.52. The fraction of sp³-hybridized carbons (Fsp3) is 0.636. The first-order chi connectivity index (χ1) is 7.59. The average molecular weight is 223 g/mol. The van der Waals surface area contributed by atoms with E-state index in [0.717, 1.165) is 12.8 Å². The van der Waals surface area contributed by atoms with Crippen molar-refractivity contribution in [2.24, 2.45) is 5.92 Å². The Kier molecular flexibility index (Phi) is 2.85. The molecule has 1 atom stereocenters. The molecule has 5 heteroatoms. The first kappa shape index (κ1) is 11.0. The highest BCUT2D eigenvalue weighted by Gasteiger charge is 2.24. The van der Waals surface area contributed by atoms with E-state index < -0.39 is 11.2 Å². The predicted molar refractivity (Wildman–Crippen MR) is 62.4 cm³/mol. The van der Waals surface area contributed by atoms with Crippen molar-refractivity contribution in [3.05, 3.63) is 26.9 Å². The molecule has 0 aliphatic heterocycles. The molecule has 1 aliphatic rings. The molecule has 88 valence electrons. The molecule has 1 fully saturated rings. The van der Waals surface area contributed by atoms with E-state index in [2.05, 4.69) is 4.98 Å². The van der Waals surface area contributed by atoms with Gasteiger partial charge in [-0.2, -0.15) is 0 Å². The predicted octanol–water partition coefficient (Wildman–Crippen LogP) is 0.870. The second kappa shape index (κ2) is 4.15. The Morgan fingerprint density at radius 1 is 1.44 bits per heavy atom. The van der Waals surface area contributed by atoms with Crippen LogP contribution >= 0.6 is 0 Å². The Bertz CT molecular complexity index is 483. The molecule has 0 spiro atoms. The largest absolute Gasteiger partial charge is 0.385 e. The molecule has 0 radical (unpaired) electrons. The minimum absolute atomic E-state index is 0.0619. The summed E-state index contributed by atoms with van der Waals surface area (Å²) in [6.45, 7) is 1.99. The van der Waals surface area contributed by atoms with Crippen LogP contribution in [0.5, 0.6) is 0 Å². The Labute approximate surface area is 93.3 Å². The quantitative estimate of drug-likeness (QED) is 0.780. The zero-order valence-corrected chi connectivity index (χ0v) is 9.40. The molecule has 0 bridgehead atoms. The van der Waals surface area contributed by atoms with E-state index in [9.17, 15) is 9.59 Å². The lowest BCUT2D eigenvalue weighted by atomic mass is 9.99. The molecule has 1 aromatic rings. The molecular weight excluding hydrogens is 206 g/mol. The third-order valence-corrected chi connectivity index (χ3v) is 3.50. The summed E-state index contributed by atoms with van der Waals surface area (Å²) in [7, 11) is 0. The molecule has 1 aromatic heterocycles. The lowest BCUT2D eigenvalue weighted by molar-refractivity contribution is 0.352. The first-order valence-electron chi connectivity index (χ1n) is 5.71. The zero-order chi connectivity index (χ0) is 11.7. The van der Waals surface area contributed by atoms with Crippen molar-refractivity contribution >= 4 is 5.82 Å². The maximum Gasteiger partial charge on any atom is 0.330 e. The van der Waals surface area contributed by atoms with Gasteiger partial charge in [0, 0.05) is 12.1 Å². The van der Waals surface area contributed by atoms with Crippen LogP contribution in [0.2, 0.25) is 0 Å². The van der Waals surface area contributed by atoms with Gasteiger partial charge in [0.05, 0.1) is 0 Å². The molecule has 1 unspecified atom stereocenters. The maximum absolute atomic E-state index is 11.7. The monoisotopic (exact) mass is 223 g/mol. The van der Waals surface area contributed by atoms with Crippen molar-refractivity contribution in [2.45, 2.75) is 38.6 Å². The van der Waals surface area contributed by atoms with Gasteiger partial charge >= 0.3 is 5.69 Å². The van der Waals surface area contributed by atoms with Crippen LogP contribution in [-0.4, -0.2) is 9.55 Å². The van der Waals surface area contributed by atoms with E-state index in [4.69, 9.17) is 5.73 Å². The number of hydrogen-bond acceptors (Lipinski definition) is 3. The van der Waals surface area contributed by atoms with Gasteiger partial charge in [-0.1, -0.05) is 12.8 Å². The van der Waals surface area contributed by atoms with Gasteiger partial charge in [-0.3, -0.25) is 14.3 Å². The molecule has 5 nitrogen and oxygen atoms in total. The Hall–Kier alpha value is -1.52. The summed E-state index contributed by atoms with van der Waals surface area (Å²) in [4.78, 5) is 25.0. The van der Waals surface area contributed by atoms with Gasteiger partial charge in [-0.15, -0.1) is 0 Å². The summed E-state index contributed by atoms with van der Waals surface area (Å²) in [6.07, 6.45) is 4.69. The number of hydrogen-bond donors (Lipinski definition) is 2. The van der Waals surface area contributed by atoms with Crippen LogP contribution in [0.15, 0.2) is 15.7 Å². The lowest BCUT2D eigenvalue weighted by Gasteiger charge is -2.22. The topological polar surface area (TPSA) is 80.9 Å². The van der Waals surface area contributed by atoms with Gasteiger partial charge in [0.15, 0.2) is 0 Å². The summed E-state index contributed by atoms with van der Waals surface area (Å²) in [6, 6.07) is 1.33. The number of nitrogens with zero attached hydrogens (tertiary/aromatic N) is 1. The number of anilines is 1. The van der Waals surface area contributed by atoms with Crippen molar-refractivity contribution in [3.63, 3.8) is 0 Å². The SMILES string of the molecule is CC(C1CCCC1)n1c(N)cc(=O)[nH]c1=O. The highest BCUT2D eigenvalue weighted by atomic mass is 16.2. The van der Waals surface area contributed by atoms with Crippen LogP contribution in [0.25, 0.3) is 0 Å². The van der Waals surface area contributed by atoms with Crippen molar-refractivity contribution in [1.82, 2.24) is 9.55 Å². The fourth-order valence-corrected chi connectivity index (χ4v) is 2.59. The van der Waals surface area contributed by atoms with Gasteiger partial charge in [-0.05, 0) is 25.7 Å². The van der Waals surface area contributed by atoms with Crippen LogP contribution in [0.1, 0.15) is 38.6 Å². The van der Waals surface area contributed by atoms with Gasteiger partial charge in [0.25, 0.3) is 5.56 Å². The smallest absolute Gasteiger partial charge is 0.330 e. The highest BCUT2D eigenvalue weighted by Crippen LogP contribution is 2.33. The average Bonchev–Trinajstić information content (AvgIpc) is 2.67. The van der Waals surface area contributed by atoms with E-state index in [0.29, 0.717) is 5.92 Å². The fourth-order valence-electron chi connectivity index (χ4n) is 2.59. The Morgan fingerprint density at radius 2 is 2.06 bits per heavy atom. The van der Waals surface area contributed by atoms with E-state index in [1.54, 1.807) is 0 Å². The van der Waals surface area contributed by atoms with Crippen molar-refractivity contribution in [2.75, 3.05) is 5.73 Å². The zero-order valence-electron chi connectivity index (χ0n) is 9.40. The third kappa shape index (κ3) is 1.89. The van der Waals surface area contributed by atoms with Gasteiger partial charge < -0.3 is 5.73 Å². The van der Waals surface area contributed by atoms with Crippen molar-refractivity contribution in [1.29, 1.82) is 0 Å². The number of H-pyrrole nitrogens is 1. The first-order valence-corrected chi connectivity index (χ1v) is 5.71. The van der Waals surface area contributed by atoms with E-state index in [1.165, 1.54) is 23.5 Å². The number of nitrogens with two attached hydrogens (primary N) is 1. The number of aromatic amines is 1. The molecule has 0 saturated heterocycles.